The number of amides is 3. The van der Waals surface area contributed by atoms with Crippen molar-refractivity contribution in [3.8, 4) is 5.75 Å². The summed E-state index contributed by atoms with van der Waals surface area (Å²) in [5.74, 6) is -0.658. The molecule has 3 aliphatic rings. The average molecular weight is 466 g/mol. The zero-order valence-electron chi connectivity index (χ0n) is 22.5. The van der Waals surface area contributed by atoms with Gasteiger partial charge in [0.2, 0.25) is 11.8 Å². The number of rotatable bonds is 6. The van der Waals surface area contributed by atoms with Crippen LogP contribution in [0.2, 0.25) is 0 Å². The molecule has 1 N–H and O–H groups in total. The molecule has 2 aromatic rings. The van der Waals surface area contributed by atoms with Crippen LogP contribution in [0, 0.1) is 0 Å². The molecule has 0 radical (unpaired) electrons. The summed E-state index contributed by atoms with van der Waals surface area (Å²) in [7, 11) is 0. The number of allylic oxidation sites excluding steroid dienone is 1. The fourth-order valence-corrected chi connectivity index (χ4v) is 4.26. The highest BCUT2D eigenvalue weighted by molar-refractivity contribution is 6.02. The van der Waals surface area contributed by atoms with Crippen LogP contribution in [-0.4, -0.2) is 53.3 Å². The van der Waals surface area contributed by atoms with Gasteiger partial charge in [0.1, 0.15) is 25.0 Å². The van der Waals surface area contributed by atoms with E-state index >= 15 is 0 Å². The molecule has 0 bridgehead atoms. The number of morpholine rings is 1. The van der Waals surface area contributed by atoms with Gasteiger partial charge in [-0.05, 0) is 36.1 Å². The maximum atomic E-state index is 13.1. The normalized spacial score (nSPS) is 23.9. The first-order chi connectivity index (χ1) is 18.2. The van der Waals surface area contributed by atoms with E-state index in [0.717, 1.165) is 0 Å². The van der Waals surface area contributed by atoms with Gasteiger partial charge in [0.05, 0.1) is 18.6 Å². The third kappa shape index (κ3) is 4.41. The summed E-state index contributed by atoms with van der Waals surface area (Å²) in [6.07, 6.45) is 1.04. The minimum Gasteiger partial charge on any atom is -0.489 e. The Kier molecular flexibility index (Phi) is 4.86. The summed E-state index contributed by atoms with van der Waals surface area (Å²) in [5.41, 5.74) is 1.83. The second kappa shape index (κ2) is 9.30. The minimum absolute atomic E-state index is 0.00166. The van der Waals surface area contributed by atoms with E-state index < -0.39 is 19.1 Å². The largest absolute Gasteiger partial charge is 0.489 e. The van der Waals surface area contributed by atoms with Gasteiger partial charge in [-0.3, -0.25) is 14.4 Å². The lowest BCUT2D eigenvalue weighted by Crippen LogP contribution is -2.49. The molecule has 0 aromatic heterocycles. The van der Waals surface area contributed by atoms with Gasteiger partial charge in [-0.1, -0.05) is 36.9 Å². The van der Waals surface area contributed by atoms with E-state index in [-0.39, 0.29) is 60.8 Å². The highest BCUT2D eigenvalue weighted by Crippen LogP contribution is 2.34. The summed E-state index contributed by atoms with van der Waals surface area (Å²) >= 11 is 0. The van der Waals surface area contributed by atoms with Crippen LogP contribution < -0.4 is 10.1 Å². The van der Waals surface area contributed by atoms with E-state index in [0.29, 0.717) is 41.8 Å². The molecule has 176 valence electrons. The van der Waals surface area contributed by atoms with Gasteiger partial charge >= 0.3 is 0 Å². The van der Waals surface area contributed by atoms with Crippen molar-refractivity contribution in [3.05, 3.63) is 76.9 Å². The average Bonchev–Trinajstić information content (AvgIpc) is 3.20. The van der Waals surface area contributed by atoms with Gasteiger partial charge in [0.25, 0.3) is 5.91 Å². The van der Waals surface area contributed by atoms with Crippen molar-refractivity contribution < 1.29 is 29.3 Å². The molecule has 34 heavy (non-hydrogen) atoms. The Labute approximate surface area is 203 Å². The van der Waals surface area contributed by atoms with E-state index in [1.807, 2.05) is 0 Å². The van der Waals surface area contributed by atoms with E-state index in [1.54, 1.807) is 18.2 Å². The van der Waals surface area contributed by atoms with Crippen molar-refractivity contribution in [2.24, 2.45) is 0 Å². The van der Waals surface area contributed by atoms with Crippen LogP contribution in [0.5, 0.6) is 5.75 Å². The Morgan fingerprint density at radius 3 is 2.79 bits per heavy atom. The summed E-state index contributed by atoms with van der Waals surface area (Å²) in [6, 6.07) is 6.68. The highest BCUT2D eigenvalue weighted by atomic mass is 16.5. The number of carbonyl (C=O) groups is 3. The number of hydrogen-bond donors (Lipinski definition) is 1. The zero-order valence-corrected chi connectivity index (χ0v) is 18.5. The molecule has 8 heteroatoms. The molecule has 3 amide bonds. The predicted molar refractivity (Wildman–Crippen MR) is 124 cm³/mol. The minimum atomic E-state index is -1.45. The molecule has 2 fully saturated rings. The van der Waals surface area contributed by atoms with Crippen LogP contribution in [0.15, 0.2) is 54.7 Å². The van der Waals surface area contributed by atoms with Crippen molar-refractivity contribution in [3.63, 3.8) is 0 Å². The zero-order chi connectivity index (χ0) is 27.1. The number of hydrogen-bond acceptors (Lipinski definition) is 5. The van der Waals surface area contributed by atoms with Crippen molar-refractivity contribution in [1.82, 2.24) is 15.1 Å². The van der Waals surface area contributed by atoms with Crippen LogP contribution in [-0.2, 0) is 34.0 Å². The van der Waals surface area contributed by atoms with Gasteiger partial charge in [-0.25, -0.2) is 0 Å². The number of nitrogens with one attached hydrogen (secondary N) is 1. The van der Waals surface area contributed by atoms with Gasteiger partial charge in [-0.2, -0.15) is 0 Å². The van der Waals surface area contributed by atoms with Gasteiger partial charge < -0.3 is 24.6 Å². The summed E-state index contributed by atoms with van der Waals surface area (Å²) in [6.45, 7) is 1.81. The Hall–Kier alpha value is -3.65. The summed E-state index contributed by atoms with van der Waals surface area (Å²) < 4.78 is 44.9. The summed E-state index contributed by atoms with van der Waals surface area (Å²) in [5, 5.41) is 2.70. The smallest absolute Gasteiger partial charge is 0.255 e. The van der Waals surface area contributed by atoms with Crippen LogP contribution in [0.25, 0.3) is 0 Å². The van der Waals surface area contributed by atoms with E-state index in [4.69, 9.17) is 15.0 Å². The maximum absolute atomic E-state index is 13.1. The molecule has 2 saturated heterocycles. The monoisotopic (exact) mass is 465 g/mol. The first-order valence-corrected chi connectivity index (χ1v) is 11.1. The predicted octanol–water partition coefficient (Wildman–Crippen LogP) is 2.37. The van der Waals surface area contributed by atoms with Crippen LogP contribution in [0.4, 0.5) is 0 Å². The number of fused-ring (bicyclic) bond motifs is 1. The lowest BCUT2D eigenvalue weighted by atomic mass is 10.0. The molecule has 3 atom stereocenters. The second-order valence-electron chi connectivity index (χ2n) is 8.36. The number of benzene rings is 2. The van der Waals surface area contributed by atoms with E-state index in [2.05, 4.69) is 11.9 Å². The SMILES string of the molecule is [2H]c1cc(C([2H])N2CCOCC2=O)cc([2H])c1C([2H])Oc1cccc2c1CN(C1CCC(=C)NC1=O)C2=O. The second-order valence-corrected chi connectivity index (χ2v) is 8.36. The van der Waals surface area contributed by atoms with Gasteiger partial charge in [-0.15, -0.1) is 0 Å². The van der Waals surface area contributed by atoms with Crippen molar-refractivity contribution in [2.75, 3.05) is 19.8 Å². The lowest BCUT2D eigenvalue weighted by molar-refractivity contribution is -0.143. The van der Waals surface area contributed by atoms with Gasteiger partial charge in [0, 0.05) is 29.9 Å². The lowest BCUT2D eigenvalue weighted by Gasteiger charge is -2.31. The fraction of sp³-hybridized carbons (Fsp3) is 0.346. The van der Waals surface area contributed by atoms with Crippen molar-refractivity contribution in [2.45, 2.75) is 38.5 Å². The van der Waals surface area contributed by atoms with Crippen LogP contribution >= 0.6 is 0 Å². The van der Waals surface area contributed by atoms with E-state index in [1.165, 1.54) is 21.9 Å². The van der Waals surface area contributed by atoms with Crippen molar-refractivity contribution >= 4 is 17.7 Å². The first-order valence-electron chi connectivity index (χ1n) is 13.2. The molecule has 8 nitrogen and oxygen atoms in total. The number of carbonyl (C=O) groups excluding carboxylic acids is 3. The molecule has 3 unspecified atom stereocenters. The molecule has 3 aliphatic heterocycles. The van der Waals surface area contributed by atoms with Gasteiger partial charge in [0.15, 0.2) is 0 Å². The molecular formula is C26H27N3O5. The third-order valence-electron chi connectivity index (χ3n) is 6.07. The molecule has 0 aliphatic carbocycles. The van der Waals surface area contributed by atoms with Crippen molar-refractivity contribution in [1.29, 1.82) is 0 Å². The third-order valence-corrected chi connectivity index (χ3v) is 6.07. The molecule has 0 saturated carbocycles. The Morgan fingerprint density at radius 1 is 1.21 bits per heavy atom. The fourth-order valence-electron chi connectivity index (χ4n) is 4.26. The topological polar surface area (TPSA) is 88.2 Å². The Bertz CT molecular complexity index is 1310. The Balaban J connectivity index is 1.36. The standard InChI is InChI=1S/C26H27N3O5/c1-17-5-10-22(25(31)27-17)29-14-21-20(26(29)32)3-2-4-23(21)34-15-19-8-6-18(7-9-19)13-28-11-12-33-16-24(28)30/h2-4,6-9,22H,1,5,10-16H2,(H,27,31)/i8D,9D,13D,15D. The summed E-state index contributed by atoms with van der Waals surface area (Å²) in [4.78, 5) is 40.5. The molecular weight excluding hydrogens is 434 g/mol. The molecule has 3 heterocycles. The number of nitrogens with zero attached hydrogens (tertiary/aromatic N) is 2. The van der Waals surface area contributed by atoms with E-state index in [9.17, 15) is 14.4 Å². The maximum Gasteiger partial charge on any atom is 0.255 e. The Morgan fingerprint density at radius 2 is 2.03 bits per heavy atom. The molecule has 2 aromatic carbocycles. The molecule has 5 rings (SSSR count). The van der Waals surface area contributed by atoms with Crippen LogP contribution in [0.3, 0.4) is 0 Å². The van der Waals surface area contributed by atoms with Crippen LogP contribution in [0.1, 0.15) is 45.4 Å². The number of piperidine rings is 1. The first kappa shape index (κ1) is 17.8. The quantitative estimate of drug-likeness (QED) is 0.708. The molecule has 0 spiro atoms. The number of ether oxygens (including phenoxy) is 2. The highest BCUT2D eigenvalue weighted by Gasteiger charge is 2.39.